The van der Waals surface area contributed by atoms with Gasteiger partial charge in [-0.1, -0.05) is 12.1 Å². The fraction of sp³-hybridized carbons (Fsp3) is 0.368. The molecule has 24 heavy (non-hydrogen) atoms. The third-order valence-corrected chi connectivity index (χ3v) is 5.05. The van der Waals surface area contributed by atoms with Crippen LogP contribution in [-0.4, -0.2) is 34.2 Å². The van der Waals surface area contributed by atoms with Crippen LogP contribution in [0.15, 0.2) is 42.6 Å². The van der Waals surface area contributed by atoms with Crippen molar-refractivity contribution in [3.05, 3.63) is 48.2 Å². The summed E-state index contributed by atoms with van der Waals surface area (Å²) in [5.41, 5.74) is 3.73. The van der Waals surface area contributed by atoms with Gasteiger partial charge in [-0.05, 0) is 56.0 Å². The van der Waals surface area contributed by atoms with Crippen LogP contribution in [0.4, 0.5) is 14.9 Å². The lowest BCUT2D eigenvalue weighted by Crippen LogP contribution is -2.64. The van der Waals surface area contributed by atoms with Gasteiger partial charge in [-0.25, -0.2) is 9.18 Å². The number of alkyl halides is 1. The maximum Gasteiger partial charge on any atom is 0.322 e. The van der Waals surface area contributed by atoms with Gasteiger partial charge >= 0.3 is 6.03 Å². The van der Waals surface area contributed by atoms with Gasteiger partial charge in [-0.2, -0.15) is 0 Å². The second kappa shape index (κ2) is 5.89. The number of piperidine rings is 1. The Labute approximate surface area is 140 Å². The minimum absolute atomic E-state index is 0.0551. The zero-order chi connectivity index (χ0) is 16.7. The van der Waals surface area contributed by atoms with Crippen molar-refractivity contribution in [2.75, 3.05) is 5.32 Å². The van der Waals surface area contributed by atoms with E-state index in [2.05, 4.69) is 10.3 Å². The van der Waals surface area contributed by atoms with Gasteiger partial charge in [0.2, 0.25) is 0 Å². The Morgan fingerprint density at radius 3 is 2.71 bits per heavy atom. The molecule has 4 nitrogen and oxygen atoms in total. The van der Waals surface area contributed by atoms with Crippen molar-refractivity contribution in [2.24, 2.45) is 0 Å². The highest BCUT2D eigenvalue weighted by molar-refractivity contribution is 5.91. The molecule has 2 amide bonds. The summed E-state index contributed by atoms with van der Waals surface area (Å²) < 4.78 is 13.4. The molecule has 1 N–H and O–H groups in total. The number of amides is 2. The number of pyridine rings is 1. The summed E-state index contributed by atoms with van der Waals surface area (Å²) in [5.74, 6) is 0. The lowest BCUT2D eigenvalue weighted by molar-refractivity contribution is -0.0202. The molecule has 0 aliphatic carbocycles. The van der Waals surface area contributed by atoms with Crippen molar-refractivity contribution in [3.8, 4) is 11.3 Å². The molecule has 4 rings (SSSR count). The van der Waals surface area contributed by atoms with Crippen LogP contribution in [0.3, 0.4) is 0 Å². The maximum absolute atomic E-state index is 13.4. The zero-order valence-corrected chi connectivity index (χ0v) is 13.6. The Hall–Kier alpha value is -2.43. The molecule has 3 heterocycles. The summed E-state index contributed by atoms with van der Waals surface area (Å²) in [4.78, 5) is 18.7. The number of carbonyl (C=O) groups is 1. The Morgan fingerprint density at radius 1 is 1.21 bits per heavy atom. The summed E-state index contributed by atoms with van der Waals surface area (Å²) in [6.07, 6.45) is 2.87. The number of hydrogen-bond acceptors (Lipinski definition) is 2. The first-order valence-electron chi connectivity index (χ1n) is 8.37. The molecule has 0 radical (unpaired) electrons. The van der Waals surface area contributed by atoms with E-state index in [1.165, 1.54) is 0 Å². The smallest absolute Gasteiger partial charge is 0.318 e. The lowest BCUT2D eigenvalue weighted by atomic mass is 9.79. The van der Waals surface area contributed by atoms with Gasteiger partial charge < -0.3 is 10.2 Å². The third kappa shape index (κ3) is 2.64. The first-order chi connectivity index (χ1) is 11.6. The van der Waals surface area contributed by atoms with Crippen LogP contribution in [0.25, 0.3) is 11.3 Å². The van der Waals surface area contributed by atoms with Crippen LogP contribution in [-0.2, 0) is 0 Å². The molecule has 3 atom stereocenters. The highest BCUT2D eigenvalue weighted by Crippen LogP contribution is 2.40. The largest absolute Gasteiger partial charge is 0.322 e. The average molecular weight is 325 g/mol. The number of nitrogens with zero attached hydrogens (tertiary/aromatic N) is 2. The van der Waals surface area contributed by atoms with Gasteiger partial charge in [0.15, 0.2) is 0 Å². The molecule has 2 fully saturated rings. The van der Waals surface area contributed by atoms with E-state index in [1.807, 2.05) is 43.3 Å². The second-order valence-electron chi connectivity index (χ2n) is 6.69. The highest BCUT2D eigenvalue weighted by Gasteiger charge is 2.48. The van der Waals surface area contributed by atoms with E-state index in [1.54, 1.807) is 11.1 Å². The minimum Gasteiger partial charge on any atom is -0.318 e. The van der Waals surface area contributed by atoms with E-state index >= 15 is 0 Å². The van der Waals surface area contributed by atoms with E-state index < -0.39 is 6.17 Å². The van der Waals surface area contributed by atoms with Gasteiger partial charge in [0.05, 0.1) is 5.69 Å². The maximum atomic E-state index is 13.4. The predicted molar refractivity (Wildman–Crippen MR) is 91.6 cm³/mol. The number of nitrogens with one attached hydrogen (secondary N) is 1. The number of hydrogen-bond donors (Lipinski definition) is 1. The summed E-state index contributed by atoms with van der Waals surface area (Å²) in [7, 11) is 0. The van der Waals surface area contributed by atoms with Gasteiger partial charge in [0.25, 0.3) is 0 Å². The van der Waals surface area contributed by atoms with Gasteiger partial charge in [0, 0.05) is 29.5 Å². The van der Waals surface area contributed by atoms with Crippen molar-refractivity contribution < 1.29 is 9.18 Å². The van der Waals surface area contributed by atoms with Crippen molar-refractivity contribution in [1.29, 1.82) is 0 Å². The molecule has 2 aromatic rings. The number of urea groups is 1. The molecule has 2 bridgehead atoms. The molecule has 2 aliphatic rings. The standard InChI is InChI=1S/C19H20FN3O/c1-12-5-6-14(10-17(12)18-4-2-3-7-21-18)22-19(24)23-15-8-13(20)9-16(23)11-15/h2-7,10,13,15-16H,8-9,11H2,1H3,(H,22,24)/t13?,15-,16?/m0/s1. The van der Waals surface area contributed by atoms with Crippen LogP contribution in [0, 0.1) is 6.92 Å². The van der Waals surface area contributed by atoms with E-state index in [0.717, 1.165) is 28.9 Å². The van der Waals surface area contributed by atoms with Crippen molar-refractivity contribution in [3.63, 3.8) is 0 Å². The Bertz CT molecular complexity index is 752. The molecule has 2 unspecified atom stereocenters. The summed E-state index contributed by atoms with van der Waals surface area (Å²) in [5, 5.41) is 2.96. The first-order valence-corrected chi connectivity index (χ1v) is 8.37. The highest BCUT2D eigenvalue weighted by atomic mass is 19.1. The van der Waals surface area contributed by atoms with E-state index in [0.29, 0.717) is 12.8 Å². The summed E-state index contributed by atoms with van der Waals surface area (Å²) in [6, 6.07) is 11.6. The SMILES string of the molecule is Cc1ccc(NC(=O)N2C3CC(F)C[C@H]2C3)cc1-c1ccccn1. The van der Waals surface area contributed by atoms with Crippen LogP contribution >= 0.6 is 0 Å². The number of benzene rings is 1. The number of fused-ring (bicyclic) bond motifs is 2. The molecule has 1 aromatic carbocycles. The summed E-state index contributed by atoms with van der Waals surface area (Å²) >= 11 is 0. The summed E-state index contributed by atoms with van der Waals surface area (Å²) in [6.45, 7) is 2.02. The molecule has 1 aromatic heterocycles. The molecule has 5 heteroatoms. The molecule has 0 saturated carbocycles. The zero-order valence-electron chi connectivity index (χ0n) is 13.6. The number of anilines is 1. The van der Waals surface area contributed by atoms with E-state index in [4.69, 9.17) is 0 Å². The normalized spacial score (nSPS) is 25.1. The number of aryl methyl sites for hydroxylation is 1. The number of rotatable bonds is 2. The van der Waals surface area contributed by atoms with Crippen molar-refractivity contribution >= 4 is 11.7 Å². The Morgan fingerprint density at radius 2 is 2.00 bits per heavy atom. The predicted octanol–water partition coefficient (Wildman–Crippen LogP) is 4.16. The van der Waals surface area contributed by atoms with Crippen LogP contribution in [0.2, 0.25) is 0 Å². The topological polar surface area (TPSA) is 45.2 Å². The van der Waals surface area contributed by atoms with Crippen molar-refractivity contribution in [1.82, 2.24) is 9.88 Å². The van der Waals surface area contributed by atoms with Crippen LogP contribution < -0.4 is 5.32 Å². The molecule has 0 spiro atoms. The number of halogens is 1. The fourth-order valence-corrected chi connectivity index (χ4v) is 3.83. The lowest BCUT2D eigenvalue weighted by Gasteiger charge is -2.53. The van der Waals surface area contributed by atoms with Gasteiger partial charge in [-0.3, -0.25) is 4.98 Å². The van der Waals surface area contributed by atoms with Crippen LogP contribution in [0.5, 0.6) is 0 Å². The number of aromatic nitrogens is 1. The minimum atomic E-state index is -0.757. The molecule has 2 aliphatic heterocycles. The quantitative estimate of drug-likeness (QED) is 0.901. The average Bonchev–Trinajstić information content (AvgIpc) is 2.57. The second-order valence-corrected chi connectivity index (χ2v) is 6.69. The Balaban J connectivity index is 1.52. The van der Waals surface area contributed by atoms with Crippen molar-refractivity contribution in [2.45, 2.75) is 44.4 Å². The van der Waals surface area contributed by atoms with E-state index in [-0.39, 0.29) is 18.1 Å². The number of carbonyl (C=O) groups excluding carboxylic acids is 1. The molecule has 124 valence electrons. The fourth-order valence-electron chi connectivity index (χ4n) is 3.83. The molecular formula is C19H20FN3O. The van der Waals surface area contributed by atoms with E-state index in [9.17, 15) is 9.18 Å². The monoisotopic (exact) mass is 325 g/mol. The third-order valence-electron chi connectivity index (χ3n) is 5.05. The first kappa shape index (κ1) is 15.1. The van der Waals surface area contributed by atoms with Crippen LogP contribution in [0.1, 0.15) is 24.8 Å². The molecule has 2 saturated heterocycles. The molecular weight excluding hydrogens is 305 g/mol. The Kier molecular flexibility index (Phi) is 3.71. The van der Waals surface area contributed by atoms with Gasteiger partial charge in [-0.15, -0.1) is 0 Å². The van der Waals surface area contributed by atoms with Gasteiger partial charge in [0.1, 0.15) is 6.17 Å².